The lowest BCUT2D eigenvalue weighted by molar-refractivity contribution is -0.158. The molecule has 0 unspecified atom stereocenters. The van der Waals surface area contributed by atoms with Crippen LogP contribution in [0.4, 0.5) is 5.82 Å². The zero-order chi connectivity index (χ0) is 20.5. The number of nitrogens with zero attached hydrogens (tertiary/aromatic N) is 3. The van der Waals surface area contributed by atoms with Crippen molar-refractivity contribution in [2.75, 3.05) is 31.1 Å². The first-order valence-corrected chi connectivity index (χ1v) is 11.9. The zero-order valence-electron chi connectivity index (χ0n) is 18.4. The molecule has 30 heavy (non-hydrogen) atoms. The number of amides is 1. The number of piperazine rings is 1. The topological polar surface area (TPSA) is 36.4 Å². The van der Waals surface area contributed by atoms with Crippen LogP contribution >= 0.6 is 0 Å². The van der Waals surface area contributed by atoms with Crippen molar-refractivity contribution >= 4 is 22.6 Å². The zero-order valence-corrected chi connectivity index (χ0v) is 18.4. The summed E-state index contributed by atoms with van der Waals surface area (Å²) in [5.74, 6) is 4.04. The van der Waals surface area contributed by atoms with Crippen LogP contribution in [0.5, 0.6) is 0 Å². The number of para-hydroxylation sites is 1. The number of aromatic nitrogens is 1. The summed E-state index contributed by atoms with van der Waals surface area (Å²) in [4.78, 5) is 23.2. The fourth-order valence-corrected chi connectivity index (χ4v) is 7.55. The Labute approximate surface area is 179 Å². The van der Waals surface area contributed by atoms with Gasteiger partial charge in [-0.3, -0.25) is 4.79 Å². The summed E-state index contributed by atoms with van der Waals surface area (Å²) in [7, 11) is 0. The number of benzene rings is 1. The Morgan fingerprint density at radius 1 is 0.933 bits per heavy atom. The number of anilines is 1. The van der Waals surface area contributed by atoms with Gasteiger partial charge in [-0.25, -0.2) is 4.98 Å². The standard InChI is InChI=1S/C26H33N3O/c1-17-4-3-5-22-18(2)10-23(27-24(17)22)28-6-8-29(9-7-28)25(30)26-14-19-11-20(15-26)13-21(12-19)16-26/h3-5,10,19-21H,6-9,11-16H2,1-2H3. The summed E-state index contributed by atoms with van der Waals surface area (Å²) in [6.07, 6.45) is 7.69. The van der Waals surface area contributed by atoms with Gasteiger partial charge in [-0.2, -0.15) is 0 Å². The van der Waals surface area contributed by atoms with Crippen molar-refractivity contribution in [1.82, 2.24) is 9.88 Å². The van der Waals surface area contributed by atoms with Crippen LogP contribution in [0, 0.1) is 37.0 Å². The van der Waals surface area contributed by atoms with Gasteiger partial charge in [-0.15, -0.1) is 0 Å². The van der Waals surface area contributed by atoms with Gasteiger partial charge in [-0.05, 0) is 87.3 Å². The van der Waals surface area contributed by atoms with Gasteiger partial charge in [0.15, 0.2) is 0 Å². The Bertz CT molecular complexity index is 969. The molecule has 0 radical (unpaired) electrons. The van der Waals surface area contributed by atoms with Crippen LogP contribution in [0.3, 0.4) is 0 Å². The molecule has 0 atom stereocenters. The van der Waals surface area contributed by atoms with Gasteiger partial charge in [0.05, 0.1) is 10.9 Å². The summed E-state index contributed by atoms with van der Waals surface area (Å²) in [6.45, 7) is 7.78. The Hall–Kier alpha value is -2.10. The number of fused-ring (bicyclic) bond motifs is 1. The van der Waals surface area contributed by atoms with Crippen molar-refractivity contribution in [3.05, 3.63) is 35.4 Å². The minimum Gasteiger partial charge on any atom is -0.353 e. The fourth-order valence-electron chi connectivity index (χ4n) is 7.55. The molecule has 5 fully saturated rings. The summed E-state index contributed by atoms with van der Waals surface area (Å²) < 4.78 is 0. The van der Waals surface area contributed by atoms with Gasteiger partial charge in [0, 0.05) is 31.6 Å². The molecular weight excluding hydrogens is 370 g/mol. The quantitative estimate of drug-likeness (QED) is 0.728. The maximum Gasteiger partial charge on any atom is 0.228 e. The third kappa shape index (κ3) is 2.86. The minimum atomic E-state index is -0.00812. The van der Waals surface area contributed by atoms with E-state index in [0.29, 0.717) is 5.91 Å². The highest BCUT2D eigenvalue weighted by Gasteiger charge is 2.55. The number of rotatable bonds is 2. The Morgan fingerprint density at radius 2 is 1.57 bits per heavy atom. The molecule has 2 heterocycles. The van der Waals surface area contributed by atoms with Crippen LogP contribution in [0.2, 0.25) is 0 Å². The SMILES string of the molecule is Cc1cc(N2CCN(C(=O)C34CC5CC(CC(C5)C3)C4)CC2)nc2c(C)cccc12. The molecule has 4 aliphatic carbocycles. The van der Waals surface area contributed by atoms with E-state index in [4.69, 9.17) is 4.98 Å². The molecule has 1 aliphatic heterocycles. The molecule has 7 rings (SSSR count). The van der Waals surface area contributed by atoms with E-state index in [0.717, 1.165) is 55.3 Å². The Balaban J connectivity index is 1.19. The molecule has 0 spiro atoms. The fraction of sp³-hybridized carbons (Fsp3) is 0.615. The first kappa shape index (κ1) is 18.7. The molecule has 1 aromatic carbocycles. The van der Waals surface area contributed by atoms with Gasteiger partial charge < -0.3 is 9.80 Å². The van der Waals surface area contributed by atoms with Gasteiger partial charge in [0.1, 0.15) is 5.82 Å². The molecule has 158 valence electrons. The molecule has 4 heteroatoms. The maximum atomic E-state index is 13.7. The van der Waals surface area contributed by atoms with Crippen molar-refractivity contribution in [2.24, 2.45) is 23.2 Å². The predicted molar refractivity (Wildman–Crippen MR) is 121 cm³/mol. The molecule has 1 aromatic heterocycles. The molecule has 5 aliphatic rings. The highest BCUT2D eigenvalue weighted by Crippen LogP contribution is 2.60. The van der Waals surface area contributed by atoms with Crippen LogP contribution in [-0.4, -0.2) is 42.0 Å². The van der Waals surface area contributed by atoms with E-state index in [1.54, 1.807) is 0 Å². The van der Waals surface area contributed by atoms with Crippen molar-refractivity contribution in [3.8, 4) is 0 Å². The van der Waals surface area contributed by atoms with E-state index in [1.165, 1.54) is 55.0 Å². The molecule has 4 bridgehead atoms. The molecule has 2 aromatic rings. The number of hydrogen-bond acceptors (Lipinski definition) is 3. The van der Waals surface area contributed by atoms with Crippen LogP contribution in [0.1, 0.15) is 49.7 Å². The van der Waals surface area contributed by atoms with E-state index in [-0.39, 0.29) is 5.41 Å². The van der Waals surface area contributed by atoms with E-state index >= 15 is 0 Å². The lowest BCUT2D eigenvalue weighted by Gasteiger charge is -2.57. The minimum absolute atomic E-state index is 0.00812. The summed E-state index contributed by atoms with van der Waals surface area (Å²) in [6, 6.07) is 8.64. The van der Waals surface area contributed by atoms with E-state index in [1.807, 2.05) is 0 Å². The second kappa shape index (κ2) is 6.70. The van der Waals surface area contributed by atoms with Crippen molar-refractivity contribution in [2.45, 2.75) is 52.4 Å². The highest BCUT2D eigenvalue weighted by atomic mass is 16.2. The van der Waals surface area contributed by atoms with Crippen molar-refractivity contribution in [1.29, 1.82) is 0 Å². The molecule has 1 amide bonds. The average Bonchev–Trinajstić information content (AvgIpc) is 2.73. The second-order valence-electron chi connectivity index (χ2n) is 10.7. The highest BCUT2D eigenvalue weighted by molar-refractivity contribution is 5.87. The summed E-state index contributed by atoms with van der Waals surface area (Å²) >= 11 is 0. The number of carbonyl (C=O) groups is 1. The summed E-state index contributed by atoms with van der Waals surface area (Å²) in [5, 5.41) is 1.24. The number of pyridine rings is 1. The third-order valence-electron chi connectivity index (χ3n) is 8.62. The van der Waals surface area contributed by atoms with Crippen molar-refractivity contribution < 1.29 is 4.79 Å². The van der Waals surface area contributed by atoms with Crippen LogP contribution in [0.15, 0.2) is 24.3 Å². The lowest BCUT2D eigenvalue weighted by atomic mass is 9.49. The number of carbonyl (C=O) groups excluding carboxylic acids is 1. The lowest BCUT2D eigenvalue weighted by Crippen LogP contribution is -2.58. The number of aryl methyl sites for hydroxylation is 2. The number of hydrogen-bond donors (Lipinski definition) is 0. The summed E-state index contributed by atoms with van der Waals surface area (Å²) in [5.41, 5.74) is 3.62. The maximum absolute atomic E-state index is 13.7. The second-order valence-corrected chi connectivity index (χ2v) is 10.7. The molecule has 1 saturated heterocycles. The first-order chi connectivity index (χ1) is 14.5. The largest absolute Gasteiger partial charge is 0.353 e. The molecule has 0 N–H and O–H groups in total. The normalized spacial score (nSPS) is 32.8. The van der Waals surface area contributed by atoms with E-state index < -0.39 is 0 Å². The average molecular weight is 404 g/mol. The molecule has 4 nitrogen and oxygen atoms in total. The Kier molecular flexibility index (Phi) is 4.16. The van der Waals surface area contributed by atoms with Crippen LogP contribution < -0.4 is 4.90 Å². The van der Waals surface area contributed by atoms with Gasteiger partial charge in [0.2, 0.25) is 5.91 Å². The van der Waals surface area contributed by atoms with Crippen molar-refractivity contribution in [3.63, 3.8) is 0 Å². The smallest absolute Gasteiger partial charge is 0.228 e. The predicted octanol–water partition coefficient (Wildman–Crippen LogP) is 4.72. The monoisotopic (exact) mass is 403 g/mol. The van der Waals surface area contributed by atoms with Gasteiger partial charge >= 0.3 is 0 Å². The van der Waals surface area contributed by atoms with Crippen LogP contribution in [0.25, 0.3) is 10.9 Å². The Morgan fingerprint density at radius 3 is 2.20 bits per heavy atom. The van der Waals surface area contributed by atoms with Gasteiger partial charge in [-0.1, -0.05) is 18.2 Å². The first-order valence-electron chi connectivity index (χ1n) is 11.9. The molecule has 4 saturated carbocycles. The van der Waals surface area contributed by atoms with E-state index in [9.17, 15) is 4.79 Å². The van der Waals surface area contributed by atoms with Gasteiger partial charge in [0.25, 0.3) is 0 Å². The molecular formula is C26H33N3O. The van der Waals surface area contributed by atoms with E-state index in [2.05, 4.69) is 47.9 Å². The van der Waals surface area contributed by atoms with Crippen LogP contribution in [-0.2, 0) is 4.79 Å². The third-order valence-corrected chi connectivity index (χ3v) is 8.62.